The van der Waals surface area contributed by atoms with Gasteiger partial charge in [0, 0.05) is 23.2 Å². The summed E-state index contributed by atoms with van der Waals surface area (Å²) in [6.07, 6.45) is 0.912. The molecule has 0 saturated heterocycles. The van der Waals surface area contributed by atoms with Crippen molar-refractivity contribution in [2.24, 2.45) is 0 Å². The number of esters is 1. The van der Waals surface area contributed by atoms with E-state index in [2.05, 4.69) is 11.4 Å². The number of rotatable bonds is 8. The summed E-state index contributed by atoms with van der Waals surface area (Å²) in [7, 11) is 0. The molecule has 0 fully saturated rings. The van der Waals surface area contributed by atoms with Gasteiger partial charge in [0.1, 0.15) is 17.0 Å². The number of amides is 1. The molecule has 0 radical (unpaired) electrons. The molecule has 1 aliphatic carbocycles. The van der Waals surface area contributed by atoms with Crippen LogP contribution in [0.25, 0.3) is 11.1 Å². The summed E-state index contributed by atoms with van der Waals surface area (Å²) in [6, 6.07) is 23.1. The van der Waals surface area contributed by atoms with Crippen LogP contribution in [0.4, 0.5) is 0 Å². The molecule has 7 heteroatoms. The van der Waals surface area contributed by atoms with E-state index in [0.717, 1.165) is 33.6 Å². The molecule has 1 heterocycles. The molecule has 188 valence electrons. The minimum atomic E-state index is -1.13. The van der Waals surface area contributed by atoms with Gasteiger partial charge in [0.15, 0.2) is 0 Å². The van der Waals surface area contributed by atoms with Crippen LogP contribution in [-0.2, 0) is 33.6 Å². The third-order valence-corrected chi connectivity index (χ3v) is 7.35. The number of carbonyl (C=O) groups excluding carboxylic acids is 2. The van der Waals surface area contributed by atoms with Crippen LogP contribution in [0, 0.1) is 0 Å². The summed E-state index contributed by atoms with van der Waals surface area (Å²) in [5.74, 6) is 0.845. The molecule has 37 heavy (non-hydrogen) atoms. The fourth-order valence-electron chi connectivity index (χ4n) is 4.67. The van der Waals surface area contributed by atoms with Gasteiger partial charge in [0.05, 0.1) is 13.0 Å². The van der Waals surface area contributed by atoms with Crippen LogP contribution in [0.15, 0.2) is 83.6 Å². The quantitative estimate of drug-likeness (QED) is 0.259. The summed E-state index contributed by atoms with van der Waals surface area (Å²) >= 11 is 7.61. The zero-order valence-corrected chi connectivity index (χ0v) is 21.9. The van der Waals surface area contributed by atoms with Gasteiger partial charge in [-0.3, -0.25) is 4.79 Å². The third kappa shape index (κ3) is 5.71. The molecule has 1 aliphatic rings. The van der Waals surface area contributed by atoms with Crippen LogP contribution in [-0.4, -0.2) is 24.0 Å². The van der Waals surface area contributed by atoms with E-state index in [1.165, 1.54) is 0 Å². The van der Waals surface area contributed by atoms with Gasteiger partial charge in [0.25, 0.3) is 0 Å². The maximum Gasteiger partial charge on any atom is 0.332 e. The lowest BCUT2D eigenvalue weighted by molar-refractivity contribution is -0.153. The lowest BCUT2D eigenvalue weighted by Gasteiger charge is -2.28. The second-order valence-corrected chi connectivity index (χ2v) is 10.3. The minimum absolute atomic E-state index is 0.145. The first-order valence-corrected chi connectivity index (χ1v) is 13.4. The van der Waals surface area contributed by atoms with Gasteiger partial charge in [-0.05, 0) is 70.5 Å². The molecule has 1 atom stereocenters. The third-order valence-electron chi connectivity index (χ3n) is 6.43. The molecular weight excluding hydrogens is 506 g/mol. The van der Waals surface area contributed by atoms with E-state index in [1.54, 1.807) is 18.3 Å². The Hall–Kier alpha value is -3.61. The first-order chi connectivity index (χ1) is 17.9. The van der Waals surface area contributed by atoms with Crippen LogP contribution in [0.1, 0.15) is 23.6 Å². The van der Waals surface area contributed by atoms with Crippen molar-refractivity contribution in [2.45, 2.75) is 31.7 Å². The molecule has 5 nitrogen and oxygen atoms in total. The Labute approximate surface area is 225 Å². The molecule has 1 unspecified atom stereocenters. The summed E-state index contributed by atoms with van der Waals surface area (Å²) in [6.45, 7) is 2.02. The summed E-state index contributed by atoms with van der Waals surface area (Å²) < 4.78 is 11.2. The molecule has 1 aromatic heterocycles. The van der Waals surface area contributed by atoms with Crippen LogP contribution in [0.5, 0.6) is 11.5 Å². The van der Waals surface area contributed by atoms with Gasteiger partial charge in [-0.2, -0.15) is 0 Å². The van der Waals surface area contributed by atoms with Crippen molar-refractivity contribution in [3.63, 3.8) is 0 Å². The largest absolute Gasteiger partial charge is 0.464 e. The van der Waals surface area contributed by atoms with Gasteiger partial charge in [-0.1, -0.05) is 54.1 Å². The van der Waals surface area contributed by atoms with E-state index in [0.29, 0.717) is 23.6 Å². The van der Waals surface area contributed by atoms with Crippen molar-refractivity contribution in [1.29, 1.82) is 0 Å². The van der Waals surface area contributed by atoms with Gasteiger partial charge in [-0.15, -0.1) is 11.3 Å². The number of fused-ring (bicyclic) bond motifs is 1. The maximum absolute atomic E-state index is 13.1. The average Bonchev–Trinajstić information content (AvgIpc) is 3.53. The van der Waals surface area contributed by atoms with Crippen molar-refractivity contribution < 1.29 is 19.1 Å². The number of thiophene rings is 1. The highest BCUT2D eigenvalue weighted by atomic mass is 35.5. The summed E-state index contributed by atoms with van der Waals surface area (Å²) in [4.78, 5) is 26.3. The van der Waals surface area contributed by atoms with E-state index in [1.807, 2.05) is 77.5 Å². The van der Waals surface area contributed by atoms with Gasteiger partial charge in [0.2, 0.25) is 5.91 Å². The van der Waals surface area contributed by atoms with Crippen LogP contribution in [0.2, 0.25) is 5.02 Å². The molecule has 0 saturated carbocycles. The summed E-state index contributed by atoms with van der Waals surface area (Å²) in [5.41, 5.74) is 3.82. The predicted molar refractivity (Wildman–Crippen MR) is 146 cm³/mol. The SMILES string of the molecule is CCOC(=O)C1(NC(=O)Cc2ccc(Oc3ccsc3)cc2)Cc2ccc(-c3ccc(Cl)cc3)cc2C1. The Morgan fingerprint density at radius 3 is 2.35 bits per heavy atom. The number of halogens is 1. The Bertz CT molecular complexity index is 1400. The molecular formula is C30H26ClNO4S. The Morgan fingerprint density at radius 1 is 0.919 bits per heavy atom. The molecule has 0 bridgehead atoms. The number of hydrogen-bond acceptors (Lipinski definition) is 5. The number of benzene rings is 3. The highest BCUT2D eigenvalue weighted by Crippen LogP contribution is 2.35. The molecule has 0 spiro atoms. The van der Waals surface area contributed by atoms with Gasteiger partial charge in [-0.25, -0.2) is 4.79 Å². The van der Waals surface area contributed by atoms with Crippen LogP contribution in [0.3, 0.4) is 0 Å². The van der Waals surface area contributed by atoms with E-state index < -0.39 is 11.5 Å². The Balaban J connectivity index is 1.31. The van der Waals surface area contributed by atoms with Crippen molar-refractivity contribution in [3.8, 4) is 22.6 Å². The average molecular weight is 532 g/mol. The van der Waals surface area contributed by atoms with E-state index in [4.69, 9.17) is 21.1 Å². The van der Waals surface area contributed by atoms with Crippen molar-refractivity contribution in [2.75, 3.05) is 6.61 Å². The normalized spacial score (nSPS) is 16.2. The first-order valence-electron chi connectivity index (χ1n) is 12.1. The highest BCUT2D eigenvalue weighted by Gasteiger charge is 2.46. The number of carbonyl (C=O) groups is 2. The second kappa shape index (κ2) is 10.8. The lowest BCUT2D eigenvalue weighted by atomic mass is 9.95. The van der Waals surface area contributed by atoms with E-state index in [9.17, 15) is 9.59 Å². The standard InChI is InChI=1S/C30H26ClNO4S/c1-2-35-29(34)30(17-23-6-5-22(16-24(23)18-30)21-7-9-25(31)10-8-21)32-28(33)15-20-3-11-26(12-4-20)36-27-13-14-37-19-27/h3-14,16,19H,2,15,17-18H2,1H3,(H,32,33). The Morgan fingerprint density at radius 2 is 1.65 bits per heavy atom. The van der Waals surface area contributed by atoms with Crippen molar-refractivity contribution >= 4 is 34.8 Å². The zero-order chi connectivity index (χ0) is 25.8. The second-order valence-electron chi connectivity index (χ2n) is 9.08. The molecule has 3 aromatic carbocycles. The monoisotopic (exact) mass is 531 g/mol. The lowest BCUT2D eigenvalue weighted by Crippen LogP contribution is -2.56. The zero-order valence-electron chi connectivity index (χ0n) is 20.3. The smallest absolute Gasteiger partial charge is 0.332 e. The van der Waals surface area contributed by atoms with Crippen molar-refractivity contribution in [1.82, 2.24) is 5.32 Å². The maximum atomic E-state index is 13.1. The van der Waals surface area contributed by atoms with Gasteiger partial charge < -0.3 is 14.8 Å². The van der Waals surface area contributed by atoms with E-state index in [-0.39, 0.29) is 18.9 Å². The van der Waals surface area contributed by atoms with Crippen LogP contribution < -0.4 is 10.1 Å². The number of hydrogen-bond donors (Lipinski definition) is 1. The van der Waals surface area contributed by atoms with Crippen molar-refractivity contribution in [3.05, 3.63) is 105 Å². The molecule has 1 N–H and O–H groups in total. The summed E-state index contributed by atoms with van der Waals surface area (Å²) in [5, 5.41) is 7.58. The first kappa shape index (κ1) is 25.1. The molecule has 1 amide bonds. The number of nitrogens with one attached hydrogen (secondary N) is 1. The fourth-order valence-corrected chi connectivity index (χ4v) is 5.35. The highest BCUT2D eigenvalue weighted by molar-refractivity contribution is 7.08. The van der Waals surface area contributed by atoms with Gasteiger partial charge >= 0.3 is 5.97 Å². The van der Waals surface area contributed by atoms with E-state index >= 15 is 0 Å². The Kier molecular flexibility index (Phi) is 7.31. The topological polar surface area (TPSA) is 64.6 Å². The predicted octanol–water partition coefficient (Wildman–Crippen LogP) is 6.62. The fraction of sp³-hybridized carbons (Fsp3) is 0.200. The van der Waals surface area contributed by atoms with Crippen LogP contribution >= 0.6 is 22.9 Å². The molecule has 0 aliphatic heterocycles. The number of ether oxygens (including phenoxy) is 2. The molecule has 5 rings (SSSR count). The minimum Gasteiger partial charge on any atom is -0.464 e. The molecule has 4 aromatic rings.